The molecule has 0 radical (unpaired) electrons. The van der Waals surface area contributed by atoms with Crippen LogP contribution >= 0.6 is 11.3 Å². The smallest absolute Gasteiger partial charge is 0.264 e. The van der Waals surface area contributed by atoms with Gasteiger partial charge >= 0.3 is 0 Å². The van der Waals surface area contributed by atoms with Crippen LogP contribution in [0.1, 0.15) is 29.3 Å². The SMILES string of the molecule is CCOc1cccc2sc(N(CCCN(C)C)C(=O)c3ccc(S(=O)(=O)N4CCc5ccccc54)cc3)nc12. The standard InChI is InChI=1S/C29H32N4O4S2/c1-4-37-25-11-7-12-26-27(25)30-29(38-26)32(19-8-18-31(2)3)28(34)22-13-15-23(16-14-22)39(35,36)33-20-17-21-9-5-6-10-24(21)33/h5-7,9-16H,4,8,17-20H2,1-3H3. The third-order valence-corrected chi connectivity index (χ3v) is 9.54. The zero-order valence-corrected chi connectivity index (χ0v) is 24.0. The maximum absolute atomic E-state index is 13.8. The van der Waals surface area contributed by atoms with Crippen LogP contribution in [-0.4, -0.2) is 64.5 Å². The number of ether oxygens (including phenoxy) is 1. The van der Waals surface area contributed by atoms with Crippen molar-refractivity contribution in [3.63, 3.8) is 0 Å². The maximum atomic E-state index is 13.8. The minimum Gasteiger partial charge on any atom is -0.492 e. The van der Waals surface area contributed by atoms with Crippen LogP contribution in [-0.2, 0) is 16.4 Å². The van der Waals surface area contributed by atoms with Crippen LogP contribution in [0.5, 0.6) is 5.75 Å². The second-order valence-corrected chi connectivity index (χ2v) is 12.5. The number of hydrogen-bond acceptors (Lipinski definition) is 7. The number of amides is 1. The lowest BCUT2D eigenvalue weighted by Gasteiger charge is -2.22. The number of aromatic nitrogens is 1. The molecule has 0 fully saturated rings. The average molecular weight is 565 g/mol. The average Bonchev–Trinajstić information content (AvgIpc) is 3.56. The van der Waals surface area contributed by atoms with E-state index in [2.05, 4.69) is 4.90 Å². The van der Waals surface area contributed by atoms with E-state index in [1.165, 1.54) is 27.8 Å². The zero-order valence-electron chi connectivity index (χ0n) is 22.3. The Labute approximate surface area is 233 Å². The molecule has 0 bridgehead atoms. The monoisotopic (exact) mass is 564 g/mol. The Morgan fingerprint density at radius 2 is 1.79 bits per heavy atom. The van der Waals surface area contributed by atoms with Crippen molar-refractivity contribution in [1.29, 1.82) is 0 Å². The Bertz CT molecular complexity index is 1580. The van der Waals surface area contributed by atoms with Crippen LogP contribution in [0.4, 0.5) is 10.8 Å². The molecule has 39 heavy (non-hydrogen) atoms. The van der Waals surface area contributed by atoms with Crippen molar-refractivity contribution in [3.05, 3.63) is 77.9 Å². The third kappa shape index (κ3) is 5.50. The largest absolute Gasteiger partial charge is 0.492 e. The highest BCUT2D eigenvalue weighted by atomic mass is 32.2. The van der Waals surface area contributed by atoms with Crippen molar-refractivity contribution in [2.45, 2.75) is 24.7 Å². The fourth-order valence-corrected chi connectivity index (χ4v) is 7.25. The summed E-state index contributed by atoms with van der Waals surface area (Å²) in [6, 6.07) is 19.6. The predicted molar refractivity (Wildman–Crippen MR) is 157 cm³/mol. The zero-order chi connectivity index (χ0) is 27.6. The topological polar surface area (TPSA) is 83.0 Å². The number of thiazole rings is 1. The highest BCUT2D eigenvalue weighted by molar-refractivity contribution is 7.92. The summed E-state index contributed by atoms with van der Waals surface area (Å²) in [5, 5.41) is 0.589. The van der Waals surface area contributed by atoms with Gasteiger partial charge in [-0.25, -0.2) is 13.4 Å². The van der Waals surface area contributed by atoms with Crippen LogP contribution in [0.3, 0.4) is 0 Å². The van der Waals surface area contributed by atoms with Gasteiger partial charge in [-0.15, -0.1) is 0 Å². The Balaban J connectivity index is 1.43. The summed E-state index contributed by atoms with van der Waals surface area (Å²) >= 11 is 1.44. The lowest BCUT2D eigenvalue weighted by atomic mass is 10.2. The molecule has 0 unspecified atom stereocenters. The van der Waals surface area contributed by atoms with E-state index in [9.17, 15) is 13.2 Å². The van der Waals surface area contributed by atoms with Gasteiger partial charge in [-0.05, 0) is 88.4 Å². The van der Waals surface area contributed by atoms with Gasteiger partial charge in [0.1, 0.15) is 11.3 Å². The Morgan fingerprint density at radius 1 is 1.03 bits per heavy atom. The van der Waals surface area contributed by atoms with Crippen molar-refractivity contribution in [3.8, 4) is 5.75 Å². The molecule has 1 amide bonds. The van der Waals surface area contributed by atoms with E-state index in [0.717, 1.165) is 28.7 Å². The molecule has 1 aliphatic heterocycles. The number of rotatable bonds is 10. The minimum absolute atomic E-state index is 0.163. The number of benzene rings is 3. The van der Waals surface area contributed by atoms with Crippen LogP contribution in [0, 0.1) is 0 Å². The molecule has 10 heteroatoms. The number of anilines is 2. The molecule has 1 aliphatic rings. The van der Waals surface area contributed by atoms with Crippen molar-refractivity contribution < 1.29 is 17.9 Å². The summed E-state index contributed by atoms with van der Waals surface area (Å²) < 4.78 is 35.0. The first-order valence-electron chi connectivity index (χ1n) is 13.0. The molecule has 1 aromatic heterocycles. The number of carbonyl (C=O) groups is 1. The van der Waals surface area contributed by atoms with E-state index in [1.54, 1.807) is 17.0 Å². The molecule has 0 aliphatic carbocycles. The van der Waals surface area contributed by atoms with Gasteiger partial charge in [0, 0.05) is 18.7 Å². The van der Waals surface area contributed by atoms with Gasteiger partial charge in [-0.1, -0.05) is 35.6 Å². The first kappa shape index (κ1) is 27.1. The molecule has 3 aromatic carbocycles. The highest BCUT2D eigenvalue weighted by Gasteiger charge is 2.31. The van der Waals surface area contributed by atoms with E-state index in [4.69, 9.17) is 9.72 Å². The van der Waals surface area contributed by atoms with Crippen LogP contribution in [0.25, 0.3) is 10.2 Å². The Hall–Kier alpha value is -3.47. The van der Waals surface area contributed by atoms with Gasteiger partial charge in [-0.3, -0.25) is 14.0 Å². The fraction of sp³-hybridized carbons (Fsp3) is 0.310. The number of carbonyl (C=O) groups excluding carboxylic acids is 1. The van der Waals surface area contributed by atoms with Crippen LogP contribution in [0.2, 0.25) is 0 Å². The summed E-state index contributed by atoms with van der Waals surface area (Å²) in [5.41, 5.74) is 2.87. The highest BCUT2D eigenvalue weighted by Crippen LogP contribution is 2.36. The summed E-state index contributed by atoms with van der Waals surface area (Å²) in [4.78, 5) is 22.5. The molecule has 204 valence electrons. The Kier molecular flexibility index (Phi) is 7.88. The molecule has 0 saturated carbocycles. The molecule has 5 rings (SSSR count). The van der Waals surface area contributed by atoms with E-state index in [1.807, 2.05) is 63.5 Å². The normalized spacial score (nSPS) is 13.2. The van der Waals surface area contributed by atoms with Gasteiger partial charge in [0.15, 0.2) is 5.13 Å². The quantitative estimate of drug-likeness (QED) is 0.268. The van der Waals surface area contributed by atoms with Crippen molar-refractivity contribution in [1.82, 2.24) is 9.88 Å². The lowest BCUT2D eigenvalue weighted by molar-refractivity contribution is 0.0986. The first-order chi connectivity index (χ1) is 18.8. The summed E-state index contributed by atoms with van der Waals surface area (Å²) in [6.07, 6.45) is 1.44. The second kappa shape index (κ2) is 11.3. The summed E-state index contributed by atoms with van der Waals surface area (Å²) in [7, 11) is 0.253. The van der Waals surface area contributed by atoms with Gasteiger partial charge in [-0.2, -0.15) is 0 Å². The molecule has 0 saturated heterocycles. The molecule has 8 nitrogen and oxygen atoms in total. The number of nitrogens with zero attached hydrogens (tertiary/aromatic N) is 4. The van der Waals surface area contributed by atoms with E-state index >= 15 is 0 Å². The van der Waals surface area contributed by atoms with Crippen LogP contribution in [0.15, 0.2) is 71.6 Å². The molecule has 4 aromatic rings. The minimum atomic E-state index is -3.74. The van der Waals surface area contributed by atoms with E-state index < -0.39 is 10.0 Å². The van der Waals surface area contributed by atoms with Gasteiger partial charge < -0.3 is 9.64 Å². The number of para-hydroxylation sites is 2. The summed E-state index contributed by atoms with van der Waals surface area (Å²) in [5.74, 6) is 0.470. The predicted octanol–water partition coefficient (Wildman–Crippen LogP) is 5.04. The number of sulfonamides is 1. The van der Waals surface area contributed by atoms with Gasteiger partial charge in [0.2, 0.25) is 0 Å². The van der Waals surface area contributed by atoms with Crippen molar-refractivity contribution in [2.75, 3.05) is 49.5 Å². The lowest BCUT2D eigenvalue weighted by Crippen LogP contribution is -2.33. The maximum Gasteiger partial charge on any atom is 0.264 e. The van der Waals surface area contributed by atoms with E-state index in [0.29, 0.717) is 48.2 Å². The van der Waals surface area contributed by atoms with E-state index in [-0.39, 0.29) is 10.8 Å². The second-order valence-electron chi connectivity index (χ2n) is 9.63. The third-order valence-electron chi connectivity index (χ3n) is 6.67. The number of hydrogen-bond donors (Lipinski definition) is 0. The molecule has 0 N–H and O–H groups in total. The van der Waals surface area contributed by atoms with Gasteiger partial charge in [0.25, 0.3) is 15.9 Å². The molecule has 2 heterocycles. The van der Waals surface area contributed by atoms with Crippen LogP contribution < -0.4 is 13.9 Å². The number of fused-ring (bicyclic) bond motifs is 2. The Morgan fingerprint density at radius 3 is 2.54 bits per heavy atom. The molecule has 0 atom stereocenters. The van der Waals surface area contributed by atoms with Crippen molar-refractivity contribution in [2.24, 2.45) is 0 Å². The van der Waals surface area contributed by atoms with Crippen molar-refractivity contribution >= 4 is 48.3 Å². The summed E-state index contributed by atoms with van der Waals surface area (Å²) in [6.45, 7) is 4.15. The molecular weight excluding hydrogens is 532 g/mol. The molecule has 0 spiro atoms. The van der Waals surface area contributed by atoms with Gasteiger partial charge in [0.05, 0.1) is 21.9 Å². The fourth-order valence-electron chi connectivity index (χ4n) is 4.74. The molecular formula is C29H32N4O4S2. The first-order valence-corrected chi connectivity index (χ1v) is 15.2.